The van der Waals surface area contributed by atoms with Gasteiger partial charge in [0.05, 0.1) is 15.4 Å². The number of hydrogen-bond donors (Lipinski definition) is 0. The van der Waals surface area contributed by atoms with Gasteiger partial charge in [-0.3, -0.25) is 19.8 Å². The summed E-state index contributed by atoms with van der Waals surface area (Å²) in [6.07, 6.45) is -1.71. The summed E-state index contributed by atoms with van der Waals surface area (Å²) < 4.78 is 45.4. The number of thiocarbonyl (C=S) groups is 1. The highest BCUT2D eigenvalue weighted by Gasteiger charge is 2.34. The van der Waals surface area contributed by atoms with E-state index in [1.807, 2.05) is 0 Å². The van der Waals surface area contributed by atoms with Crippen LogP contribution in [0.2, 0.25) is 0 Å². The van der Waals surface area contributed by atoms with E-state index in [4.69, 9.17) is 17.0 Å². The summed E-state index contributed by atoms with van der Waals surface area (Å²) in [5.41, 5.74) is -1.64. The van der Waals surface area contributed by atoms with Crippen molar-refractivity contribution in [3.05, 3.63) is 79.7 Å². The minimum absolute atomic E-state index is 0.102. The fourth-order valence-electron chi connectivity index (χ4n) is 2.69. The van der Waals surface area contributed by atoms with Crippen molar-refractivity contribution in [3.63, 3.8) is 0 Å². The summed E-state index contributed by atoms with van der Waals surface area (Å²) in [6.45, 7) is 3.82. The Kier molecular flexibility index (Phi) is 7.06. The zero-order valence-electron chi connectivity index (χ0n) is 15.9. The fraction of sp³-hybridized carbons (Fsp3) is 0.100. The van der Waals surface area contributed by atoms with Crippen LogP contribution in [0.5, 0.6) is 11.5 Å². The van der Waals surface area contributed by atoms with Gasteiger partial charge in [-0.25, -0.2) is 0 Å². The lowest BCUT2D eigenvalue weighted by Gasteiger charge is -2.12. The molecule has 3 rings (SSSR count). The van der Waals surface area contributed by atoms with Gasteiger partial charge in [0.2, 0.25) is 5.75 Å². The number of nitro groups is 1. The first kappa shape index (κ1) is 24.0. The van der Waals surface area contributed by atoms with E-state index in [0.717, 1.165) is 17.8 Å². The van der Waals surface area contributed by atoms with Crippen LogP contribution in [0.15, 0.2) is 58.4 Å². The third-order valence-electron chi connectivity index (χ3n) is 4.15. The molecule has 6 nitrogen and oxygen atoms in total. The number of rotatable bonds is 6. The molecule has 0 radical (unpaired) electrons. The van der Waals surface area contributed by atoms with Crippen molar-refractivity contribution in [2.75, 3.05) is 6.54 Å². The number of amides is 1. The number of hydrogen-bond acceptors (Lipinski definition) is 6. The number of thioether (sulfide) groups is 1. The average Bonchev–Trinajstić information content (AvgIpc) is 2.97. The third-order valence-corrected chi connectivity index (χ3v) is 6.02. The monoisotopic (exact) mass is 544 g/mol. The topological polar surface area (TPSA) is 72.7 Å². The smallest absolute Gasteiger partial charge is 0.416 e. The molecule has 0 aromatic heterocycles. The Labute approximate surface area is 198 Å². The van der Waals surface area contributed by atoms with Gasteiger partial charge in [-0.05, 0) is 36.4 Å². The number of carbonyl (C=O) groups is 1. The van der Waals surface area contributed by atoms with Crippen molar-refractivity contribution in [2.24, 2.45) is 0 Å². The van der Waals surface area contributed by atoms with Crippen LogP contribution in [0.1, 0.15) is 11.1 Å². The maximum atomic E-state index is 12.9. The minimum atomic E-state index is -4.74. The van der Waals surface area contributed by atoms with Crippen LogP contribution in [-0.4, -0.2) is 26.6 Å². The van der Waals surface area contributed by atoms with E-state index in [-0.39, 0.29) is 24.0 Å². The molecule has 1 saturated heterocycles. The van der Waals surface area contributed by atoms with Gasteiger partial charge in [-0.1, -0.05) is 46.0 Å². The van der Waals surface area contributed by atoms with Crippen LogP contribution in [0.25, 0.3) is 6.08 Å². The second-order valence-corrected chi connectivity index (χ2v) is 8.89. The molecule has 1 heterocycles. The number of halogens is 4. The van der Waals surface area contributed by atoms with Crippen molar-refractivity contribution < 1.29 is 27.6 Å². The van der Waals surface area contributed by atoms with Gasteiger partial charge in [0, 0.05) is 22.6 Å². The number of alkyl halides is 3. The molecule has 0 aliphatic carbocycles. The van der Waals surface area contributed by atoms with Crippen LogP contribution < -0.4 is 4.74 Å². The molecule has 1 amide bonds. The van der Waals surface area contributed by atoms with Crippen molar-refractivity contribution >= 4 is 61.9 Å². The molecule has 0 unspecified atom stereocenters. The van der Waals surface area contributed by atoms with Gasteiger partial charge < -0.3 is 4.74 Å². The maximum absolute atomic E-state index is 12.9. The summed E-state index contributed by atoms with van der Waals surface area (Å²) in [6, 6.07) is 6.66. The van der Waals surface area contributed by atoms with Gasteiger partial charge in [0.1, 0.15) is 10.1 Å². The van der Waals surface area contributed by atoms with E-state index >= 15 is 0 Å². The second-order valence-electron chi connectivity index (χ2n) is 6.30. The number of nitro benzene ring substituents is 1. The van der Waals surface area contributed by atoms with Crippen molar-refractivity contribution in [3.8, 4) is 11.5 Å². The Morgan fingerprint density at radius 1 is 1.25 bits per heavy atom. The standard InChI is InChI=1S/C20H12BrF3N2O4S2/c1-2-7-25-18(27)17(32-19(25)31)9-11-8-13(21)4-6-15(11)30-16-5-3-12(20(22,23)24)10-14(16)26(28)29/h2-6,8-10H,1,7H2/b17-9-. The molecule has 0 N–H and O–H groups in total. The first-order valence-electron chi connectivity index (χ1n) is 8.70. The summed E-state index contributed by atoms with van der Waals surface area (Å²) >= 11 is 9.57. The fourth-order valence-corrected chi connectivity index (χ4v) is 4.34. The molecule has 12 heteroatoms. The highest BCUT2D eigenvalue weighted by atomic mass is 79.9. The Hall–Kier alpha value is -2.70. The lowest BCUT2D eigenvalue weighted by atomic mass is 10.1. The Bertz CT molecular complexity index is 1170. The Balaban J connectivity index is 2.02. The van der Waals surface area contributed by atoms with Crippen molar-refractivity contribution in [2.45, 2.75) is 6.18 Å². The summed E-state index contributed by atoms with van der Waals surface area (Å²) in [5.74, 6) is -0.615. The van der Waals surface area contributed by atoms with E-state index in [0.29, 0.717) is 31.4 Å². The zero-order chi connectivity index (χ0) is 23.6. The van der Waals surface area contributed by atoms with Crippen molar-refractivity contribution in [1.82, 2.24) is 4.90 Å². The predicted octanol–water partition coefficient (Wildman–Crippen LogP) is 6.56. The quantitative estimate of drug-likeness (QED) is 0.135. The highest BCUT2D eigenvalue weighted by molar-refractivity contribution is 9.10. The van der Waals surface area contributed by atoms with E-state index in [9.17, 15) is 28.1 Å². The Morgan fingerprint density at radius 2 is 1.94 bits per heavy atom. The van der Waals surface area contributed by atoms with Gasteiger partial charge >= 0.3 is 11.9 Å². The van der Waals surface area contributed by atoms with Crippen LogP contribution in [-0.2, 0) is 11.0 Å². The second kappa shape index (κ2) is 9.43. The van der Waals surface area contributed by atoms with E-state index in [2.05, 4.69) is 22.5 Å². The highest BCUT2D eigenvalue weighted by Crippen LogP contribution is 2.40. The first-order chi connectivity index (χ1) is 15.0. The SMILES string of the molecule is C=CCN1C(=O)/C(=C/c2cc(Br)ccc2Oc2ccc(C(F)(F)F)cc2[N+](=O)[O-])SC1=S. The maximum Gasteiger partial charge on any atom is 0.416 e. The molecule has 2 aromatic carbocycles. The first-order valence-corrected chi connectivity index (χ1v) is 10.7. The average molecular weight is 545 g/mol. The summed E-state index contributed by atoms with van der Waals surface area (Å²) in [5, 5.41) is 11.3. The molecule has 0 saturated carbocycles. The van der Waals surface area contributed by atoms with E-state index in [1.165, 1.54) is 23.1 Å². The Morgan fingerprint density at radius 3 is 2.56 bits per heavy atom. The van der Waals surface area contributed by atoms with Crippen molar-refractivity contribution in [1.29, 1.82) is 0 Å². The molecular weight excluding hydrogens is 533 g/mol. The molecule has 32 heavy (non-hydrogen) atoms. The summed E-state index contributed by atoms with van der Waals surface area (Å²) in [4.78, 5) is 24.6. The predicted molar refractivity (Wildman–Crippen MR) is 122 cm³/mol. The molecule has 1 fully saturated rings. The molecule has 1 aliphatic heterocycles. The summed E-state index contributed by atoms with van der Waals surface area (Å²) in [7, 11) is 0. The minimum Gasteiger partial charge on any atom is -0.449 e. The zero-order valence-corrected chi connectivity index (χ0v) is 19.1. The van der Waals surface area contributed by atoms with Gasteiger partial charge in [0.15, 0.2) is 0 Å². The van der Waals surface area contributed by atoms with Crippen LogP contribution in [0, 0.1) is 10.1 Å². The lowest BCUT2D eigenvalue weighted by Crippen LogP contribution is -2.27. The number of nitrogens with zero attached hydrogens (tertiary/aromatic N) is 2. The van der Waals surface area contributed by atoms with Gasteiger partial charge in [0.25, 0.3) is 5.91 Å². The largest absolute Gasteiger partial charge is 0.449 e. The van der Waals surface area contributed by atoms with Gasteiger partial charge in [-0.15, -0.1) is 6.58 Å². The molecular formula is C20H12BrF3N2O4S2. The molecule has 0 bridgehead atoms. The van der Waals surface area contributed by atoms with Gasteiger partial charge in [-0.2, -0.15) is 13.2 Å². The number of ether oxygens (including phenoxy) is 1. The van der Waals surface area contributed by atoms with Crippen LogP contribution in [0.4, 0.5) is 18.9 Å². The molecule has 0 atom stereocenters. The molecule has 2 aromatic rings. The lowest BCUT2D eigenvalue weighted by molar-refractivity contribution is -0.385. The van der Waals surface area contributed by atoms with E-state index in [1.54, 1.807) is 12.1 Å². The molecule has 0 spiro atoms. The molecule has 1 aliphatic rings. The third kappa shape index (κ3) is 5.19. The molecule has 166 valence electrons. The van der Waals surface area contributed by atoms with Crippen LogP contribution in [0.3, 0.4) is 0 Å². The normalized spacial score (nSPS) is 15.4. The number of benzene rings is 2. The van der Waals surface area contributed by atoms with Crippen LogP contribution >= 0.6 is 39.9 Å². The number of carbonyl (C=O) groups excluding carboxylic acids is 1. The van der Waals surface area contributed by atoms with E-state index < -0.39 is 22.4 Å².